The minimum absolute atomic E-state index is 0.0110. The van der Waals surface area contributed by atoms with E-state index in [-0.39, 0.29) is 5.91 Å². The molecule has 0 saturated heterocycles. The van der Waals surface area contributed by atoms with Crippen molar-refractivity contribution >= 4 is 11.6 Å². The number of amides is 1. The van der Waals surface area contributed by atoms with E-state index in [1.807, 2.05) is 36.6 Å². The predicted octanol–water partition coefficient (Wildman–Crippen LogP) is 1.84. The van der Waals surface area contributed by atoms with E-state index in [1.54, 1.807) is 0 Å². The zero-order chi connectivity index (χ0) is 12.0. The molecule has 3 rings (SSSR count). The van der Waals surface area contributed by atoms with Crippen LogP contribution >= 0.6 is 0 Å². The Morgan fingerprint density at radius 2 is 2.24 bits per heavy atom. The highest BCUT2D eigenvalue weighted by Gasteiger charge is 2.26. The normalized spacial score (nSPS) is 15.2. The molecule has 2 heterocycles. The lowest BCUT2D eigenvalue weighted by molar-refractivity contribution is 0.0944. The molecule has 1 fully saturated rings. The molecule has 0 spiro atoms. The smallest absolute Gasteiger partial charge is 0.270 e. The molecule has 88 valence electrons. The van der Waals surface area contributed by atoms with Crippen molar-refractivity contribution < 1.29 is 4.79 Å². The monoisotopic (exact) mass is 229 g/mol. The summed E-state index contributed by atoms with van der Waals surface area (Å²) >= 11 is 0. The van der Waals surface area contributed by atoms with Crippen molar-refractivity contribution in [1.29, 1.82) is 0 Å². The number of rotatable bonds is 2. The highest BCUT2D eigenvalue weighted by atomic mass is 16.2. The molecule has 1 amide bonds. The largest absolute Gasteiger partial charge is 0.348 e. The first kappa shape index (κ1) is 10.3. The number of imidazole rings is 1. The van der Waals surface area contributed by atoms with Crippen LogP contribution < -0.4 is 5.32 Å². The second-order valence-electron chi connectivity index (χ2n) is 4.68. The lowest BCUT2D eigenvalue weighted by Crippen LogP contribution is -2.27. The van der Waals surface area contributed by atoms with Crippen LogP contribution in [0.1, 0.15) is 34.6 Å². The Morgan fingerprint density at radius 1 is 1.47 bits per heavy atom. The minimum Gasteiger partial charge on any atom is -0.348 e. The van der Waals surface area contributed by atoms with Gasteiger partial charge < -0.3 is 5.32 Å². The van der Waals surface area contributed by atoms with Gasteiger partial charge in [0.15, 0.2) is 0 Å². The summed E-state index contributed by atoms with van der Waals surface area (Å²) in [7, 11) is 0. The van der Waals surface area contributed by atoms with Crippen LogP contribution in [0.25, 0.3) is 5.65 Å². The maximum absolute atomic E-state index is 12.1. The van der Waals surface area contributed by atoms with Gasteiger partial charge in [-0.2, -0.15) is 0 Å². The van der Waals surface area contributed by atoms with Crippen LogP contribution in [0.4, 0.5) is 0 Å². The zero-order valence-electron chi connectivity index (χ0n) is 10.0. The standard InChI is InChI=1S/C13H15N3O/c1-8-4-3-7-16-11(9(2)14-12(8)16)13(17)15-10-5-6-10/h3-4,7,10H,5-6H2,1-2H3,(H,15,17). The number of hydrogen-bond acceptors (Lipinski definition) is 2. The lowest BCUT2D eigenvalue weighted by atomic mass is 10.3. The number of carbonyl (C=O) groups is 1. The Labute approximate surface area is 99.7 Å². The highest BCUT2D eigenvalue weighted by molar-refractivity contribution is 5.95. The van der Waals surface area contributed by atoms with Crippen LogP contribution in [0.15, 0.2) is 18.3 Å². The minimum atomic E-state index is -0.0110. The Hall–Kier alpha value is -1.84. The van der Waals surface area contributed by atoms with Crippen molar-refractivity contribution in [3.8, 4) is 0 Å². The van der Waals surface area contributed by atoms with E-state index < -0.39 is 0 Å². The SMILES string of the molecule is Cc1nc2c(C)cccn2c1C(=O)NC1CC1. The molecule has 4 nitrogen and oxygen atoms in total. The molecular weight excluding hydrogens is 214 g/mol. The van der Waals surface area contributed by atoms with Crippen LogP contribution in [-0.4, -0.2) is 21.3 Å². The van der Waals surface area contributed by atoms with Gasteiger partial charge in [0.25, 0.3) is 5.91 Å². The summed E-state index contributed by atoms with van der Waals surface area (Å²) < 4.78 is 1.88. The topological polar surface area (TPSA) is 46.4 Å². The van der Waals surface area contributed by atoms with Gasteiger partial charge in [0, 0.05) is 12.2 Å². The Kier molecular flexibility index (Phi) is 2.18. The average Bonchev–Trinajstić information content (AvgIpc) is 3.00. The van der Waals surface area contributed by atoms with Gasteiger partial charge in [0.2, 0.25) is 0 Å². The molecule has 2 aromatic rings. The number of hydrogen-bond donors (Lipinski definition) is 1. The number of fused-ring (bicyclic) bond motifs is 1. The van der Waals surface area contributed by atoms with Gasteiger partial charge in [-0.05, 0) is 38.3 Å². The lowest BCUT2D eigenvalue weighted by Gasteiger charge is -2.04. The van der Waals surface area contributed by atoms with Gasteiger partial charge in [-0.25, -0.2) is 4.98 Å². The van der Waals surface area contributed by atoms with Crippen LogP contribution in [-0.2, 0) is 0 Å². The molecule has 0 atom stereocenters. The third-order valence-corrected chi connectivity index (χ3v) is 3.15. The number of aromatic nitrogens is 2. The molecule has 1 aliphatic carbocycles. The summed E-state index contributed by atoms with van der Waals surface area (Å²) in [5, 5.41) is 3.01. The fourth-order valence-electron chi connectivity index (χ4n) is 2.07. The van der Waals surface area contributed by atoms with Gasteiger partial charge in [-0.15, -0.1) is 0 Å². The molecular formula is C13H15N3O. The van der Waals surface area contributed by atoms with Crippen molar-refractivity contribution in [3.05, 3.63) is 35.3 Å². The molecule has 17 heavy (non-hydrogen) atoms. The van der Waals surface area contributed by atoms with Gasteiger partial charge in [-0.3, -0.25) is 9.20 Å². The van der Waals surface area contributed by atoms with E-state index in [2.05, 4.69) is 10.3 Å². The van der Waals surface area contributed by atoms with E-state index in [0.717, 1.165) is 29.7 Å². The molecule has 0 radical (unpaired) electrons. The third-order valence-electron chi connectivity index (χ3n) is 3.15. The molecule has 0 unspecified atom stereocenters. The predicted molar refractivity (Wildman–Crippen MR) is 65.2 cm³/mol. The zero-order valence-corrected chi connectivity index (χ0v) is 10.0. The van der Waals surface area contributed by atoms with Crippen molar-refractivity contribution in [2.75, 3.05) is 0 Å². The number of nitrogens with zero attached hydrogens (tertiary/aromatic N) is 2. The summed E-state index contributed by atoms with van der Waals surface area (Å²) in [6.45, 7) is 3.89. The second-order valence-corrected chi connectivity index (χ2v) is 4.68. The van der Waals surface area contributed by atoms with Crippen molar-refractivity contribution in [2.24, 2.45) is 0 Å². The Bertz CT molecular complexity index is 596. The van der Waals surface area contributed by atoms with Crippen molar-refractivity contribution in [2.45, 2.75) is 32.7 Å². The van der Waals surface area contributed by atoms with Gasteiger partial charge in [0.05, 0.1) is 5.69 Å². The van der Waals surface area contributed by atoms with E-state index in [4.69, 9.17) is 0 Å². The van der Waals surface area contributed by atoms with Crippen molar-refractivity contribution in [1.82, 2.24) is 14.7 Å². The first-order valence-corrected chi connectivity index (χ1v) is 5.92. The second kappa shape index (κ2) is 3.58. The summed E-state index contributed by atoms with van der Waals surface area (Å²) in [6, 6.07) is 4.32. The van der Waals surface area contributed by atoms with Gasteiger partial charge in [0.1, 0.15) is 11.3 Å². The van der Waals surface area contributed by atoms with Crippen molar-refractivity contribution in [3.63, 3.8) is 0 Å². The molecule has 2 aromatic heterocycles. The first-order valence-electron chi connectivity index (χ1n) is 5.92. The molecule has 0 aliphatic heterocycles. The summed E-state index contributed by atoms with van der Waals surface area (Å²) in [5.41, 5.74) is 3.40. The average molecular weight is 229 g/mol. The van der Waals surface area contributed by atoms with Crippen LogP contribution in [0.3, 0.4) is 0 Å². The van der Waals surface area contributed by atoms with Crippen LogP contribution in [0.5, 0.6) is 0 Å². The maximum atomic E-state index is 12.1. The fourth-order valence-corrected chi connectivity index (χ4v) is 2.07. The quantitative estimate of drug-likeness (QED) is 0.854. The molecule has 4 heteroatoms. The van der Waals surface area contributed by atoms with E-state index in [0.29, 0.717) is 11.7 Å². The Morgan fingerprint density at radius 3 is 2.94 bits per heavy atom. The molecule has 1 aliphatic rings. The number of carbonyl (C=O) groups excluding carboxylic acids is 1. The molecule has 0 bridgehead atoms. The van der Waals surface area contributed by atoms with Gasteiger partial charge >= 0.3 is 0 Å². The fraction of sp³-hybridized carbons (Fsp3) is 0.385. The molecule has 0 aromatic carbocycles. The van der Waals surface area contributed by atoms with Crippen LogP contribution in [0, 0.1) is 13.8 Å². The summed E-state index contributed by atoms with van der Waals surface area (Å²) in [6.07, 6.45) is 4.09. The maximum Gasteiger partial charge on any atom is 0.270 e. The van der Waals surface area contributed by atoms with Crippen LogP contribution in [0.2, 0.25) is 0 Å². The molecule has 1 N–H and O–H groups in total. The van der Waals surface area contributed by atoms with E-state index in [9.17, 15) is 4.79 Å². The van der Waals surface area contributed by atoms with Gasteiger partial charge in [-0.1, -0.05) is 6.07 Å². The van der Waals surface area contributed by atoms with E-state index in [1.165, 1.54) is 0 Å². The number of pyridine rings is 1. The number of aryl methyl sites for hydroxylation is 2. The Balaban J connectivity index is 2.11. The molecule has 1 saturated carbocycles. The highest BCUT2D eigenvalue weighted by Crippen LogP contribution is 2.21. The number of nitrogens with one attached hydrogen (secondary N) is 1. The first-order chi connectivity index (χ1) is 8.16. The third kappa shape index (κ3) is 1.69. The summed E-state index contributed by atoms with van der Waals surface area (Å²) in [4.78, 5) is 16.6. The summed E-state index contributed by atoms with van der Waals surface area (Å²) in [5.74, 6) is -0.0110. The van der Waals surface area contributed by atoms with E-state index >= 15 is 0 Å².